The highest BCUT2D eigenvalue weighted by molar-refractivity contribution is 5.74. The van der Waals surface area contributed by atoms with Crippen molar-refractivity contribution in [2.24, 2.45) is 10.2 Å². The van der Waals surface area contributed by atoms with Crippen molar-refractivity contribution in [3.8, 4) is 0 Å². The van der Waals surface area contributed by atoms with E-state index in [4.69, 9.17) is 5.11 Å². The van der Waals surface area contributed by atoms with E-state index < -0.39 is 12.0 Å². The fourth-order valence-electron chi connectivity index (χ4n) is 1.52. The molecule has 13 heavy (non-hydrogen) atoms. The summed E-state index contributed by atoms with van der Waals surface area (Å²) in [4.78, 5) is 10.6. The van der Waals surface area contributed by atoms with Crippen LogP contribution in [0.15, 0.2) is 21.7 Å². The Morgan fingerprint density at radius 1 is 1.62 bits per heavy atom. The van der Waals surface area contributed by atoms with Crippen molar-refractivity contribution in [2.75, 3.05) is 6.54 Å². The summed E-state index contributed by atoms with van der Waals surface area (Å²) in [7, 11) is 0. The summed E-state index contributed by atoms with van der Waals surface area (Å²) < 4.78 is 0. The van der Waals surface area contributed by atoms with E-state index in [1.54, 1.807) is 0 Å². The van der Waals surface area contributed by atoms with Gasteiger partial charge in [-0.25, -0.2) is 0 Å². The first-order valence-electron chi connectivity index (χ1n) is 3.97. The molecule has 2 atom stereocenters. The molecule has 0 aliphatic carbocycles. The molecule has 6 heteroatoms. The van der Waals surface area contributed by atoms with Gasteiger partial charge in [0.2, 0.25) is 5.88 Å². The van der Waals surface area contributed by atoms with Gasteiger partial charge in [0, 0.05) is 18.5 Å². The Balaban J connectivity index is 2.16. The van der Waals surface area contributed by atoms with Gasteiger partial charge in [0.1, 0.15) is 12.1 Å². The molecule has 0 aromatic carbocycles. The number of aliphatic carboxylic acids is 1. The van der Waals surface area contributed by atoms with Gasteiger partial charge in [-0.1, -0.05) is 0 Å². The lowest BCUT2D eigenvalue weighted by molar-refractivity contribution is -0.139. The second-order valence-electron chi connectivity index (χ2n) is 3.08. The van der Waals surface area contributed by atoms with Gasteiger partial charge in [0.05, 0.1) is 0 Å². The number of carboxylic acid groups (broad SMARTS) is 1. The van der Waals surface area contributed by atoms with E-state index in [1.165, 1.54) is 0 Å². The first-order chi connectivity index (χ1) is 6.18. The molecule has 2 rings (SSSR count). The molecule has 1 fully saturated rings. The monoisotopic (exact) mass is 183 g/mol. The first-order valence-corrected chi connectivity index (χ1v) is 3.97. The second kappa shape index (κ2) is 2.81. The molecule has 0 radical (unpaired) electrons. The van der Waals surface area contributed by atoms with E-state index in [9.17, 15) is 9.90 Å². The highest BCUT2D eigenvalue weighted by Crippen LogP contribution is 2.27. The van der Waals surface area contributed by atoms with E-state index in [-0.39, 0.29) is 18.3 Å². The number of nitrogens with one attached hydrogen (secondary N) is 1. The molecule has 70 valence electrons. The highest BCUT2D eigenvalue weighted by atomic mass is 16.4. The molecule has 0 bridgehead atoms. The number of aliphatic hydroxyl groups is 1. The van der Waals surface area contributed by atoms with Crippen LogP contribution in [0.4, 0.5) is 0 Å². The van der Waals surface area contributed by atoms with Crippen molar-refractivity contribution < 1.29 is 15.0 Å². The molecular formula is C7H9N3O3. The number of rotatable bonds is 1. The van der Waals surface area contributed by atoms with Crippen LogP contribution in [0.5, 0.6) is 0 Å². The average molecular weight is 183 g/mol. The largest absolute Gasteiger partial charge is 0.492 e. The highest BCUT2D eigenvalue weighted by Gasteiger charge is 2.34. The number of hydrogen-bond donors (Lipinski definition) is 3. The summed E-state index contributed by atoms with van der Waals surface area (Å²) in [5.74, 6) is -1.02. The normalized spacial score (nSPS) is 32.0. The Kier molecular flexibility index (Phi) is 1.77. The zero-order chi connectivity index (χ0) is 9.42. The van der Waals surface area contributed by atoms with Crippen LogP contribution in [0.25, 0.3) is 0 Å². The third kappa shape index (κ3) is 1.29. The molecule has 0 saturated carbocycles. The maximum atomic E-state index is 10.6. The van der Waals surface area contributed by atoms with Crippen LogP contribution in [-0.2, 0) is 4.79 Å². The van der Waals surface area contributed by atoms with Crippen LogP contribution < -0.4 is 5.32 Å². The lowest BCUT2D eigenvalue weighted by Gasteiger charge is -2.24. The van der Waals surface area contributed by atoms with Gasteiger partial charge in [-0.2, -0.15) is 5.11 Å². The van der Waals surface area contributed by atoms with E-state index >= 15 is 0 Å². The number of fused-ring (bicyclic) bond motifs is 1. The van der Waals surface area contributed by atoms with Crippen LogP contribution >= 0.6 is 0 Å². The van der Waals surface area contributed by atoms with E-state index in [1.807, 2.05) is 0 Å². The van der Waals surface area contributed by atoms with E-state index in [0.29, 0.717) is 12.1 Å². The third-order valence-corrected chi connectivity index (χ3v) is 2.26. The SMILES string of the molecule is O=C(O)[C@H]1CC2=C(O)N=N[C@@H]2CN1. The van der Waals surface area contributed by atoms with Crippen LogP contribution in [0, 0.1) is 0 Å². The van der Waals surface area contributed by atoms with Crippen molar-refractivity contribution >= 4 is 5.97 Å². The molecule has 0 spiro atoms. The number of nitrogens with zero attached hydrogens (tertiary/aromatic N) is 2. The molecule has 0 aromatic rings. The van der Waals surface area contributed by atoms with Crippen molar-refractivity contribution in [1.82, 2.24) is 5.32 Å². The summed E-state index contributed by atoms with van der Waals surface area (Å²) in [5, 5.41) is 28.0. The molecule has 0 unspecified atom stereocenters. The lowest BCUT2D eigenvalue weighted by atomic mass is 9.96. The smallest absolute Gasteiger partial charge is 0.321 e. The van der Waals surface area contributed by atoms with Gasteiger partial charge in [0.15, 0.2) is 0 Å². The first kappa shape index (κ1) is 8.18. The molecule has 6 nitrogen and oxygen atoms in total. The summed E-state index contributed by atoms with van der Waals surface area (Å²) in [6.45, 7) is 0.430. The summed E-state index contributed by atoms with van der Waals surface area (Å²) in [6.07, 6.45) is 0.277. The van der Waals surface area contributed by atoms with Crippen molar-refractivity contribution in [3.05, 3.63) is 11.5 Å². The van der Waals surface area contributed by atoms with Gasteiger partial charge in [-0.05, 0) is 0 Å². The number of aliphatic hydroxyl groups excluding tert-OH is 1. The maximum absolute atomic E-state index is 10.6. The Hall–Kier alpha value is -1.43. The van der Waals surface area contributed by atoms with Crippen molar-refractivity contribution in [1.29, 1.82) is 0 Å². The number of azo groups is 1. The minimum Gasteiger partial charge on any atom is -0.492 e. The lowest BCUT2D eigenvalue weighted by Crippen LogP contribution is -2.46. The maximum Gasteiger partial charge on any atom is 0.321 e. The average Bonchev–Trinajstić information content (AvgIpc) is 2.47. The fraction of sp³-hybridized carbons (Fsp3) is 0.571. The predicted octanol–water partition coefficient (Wildman–Crippen LogP) is 0.0369. The van der Waals surface area contributed by atoms with Crippen LogP contribution in [0.1, 0.15) is 6.42 Å². The number of carbonyl (C=O) groups is 1. The fourth-order valence-corrected chi connectivity index (χ4v) is 1.52. The molecule has 2 aliphatic rings. The van der Waals surface area contributed by atoms with Gasteiger partial charge in [-0.15, -0.1) is 5.11 Å². The minimum absolute atomic E-state index is 0.113. The zero-order valence-corrected chi connectivity index (χ0v) is 6.77. The molecule has 3 N–H and O–H groups in total. The summed E-state index contributed by atoms with van der Waals surface area (Å²) >= 11 is 0. The van der Waals surface area contributed by atoms with Crippen molar-refractivity contribution in [3.63, 3.8) is 0 Å². The van der Waals surface area contributed by atoms with Crippen LogP contribution in [0.2, 0.25) is 0 Å². The summed E-state index contributed by atoms with van der Waals surface area (Å²) in [5.41, 5.74) is 0.631. The Morgan fingerprint density at radius 3 is 3.08 bits per heavy atom. The Morgan fingerprint density at radius 2 is 2.38 bits per heavy atom. The van der Waals surface area contributed by atoms with Crippen molar-refractivity contribution in [2.45, 2.75) is 18.5 Å². The predicted molar refractivity (Wildman–Crippen MR) is 42.3 cm³/mol. The van der Waals surface area contributed by atoms with Gasteiger partial charge >= 0.3 is 5.97 Å². The van der Waals surface area contributed by atoms with Gasteiger partial charge in [0.25, 0.3) is 0 Å². The molecular weight excluding hydrogens is 174 g/mol. The second-order valence-corrected chi connectivity index (χ2v) is 3.08. The topological polar surface area (TPSA) is 94.3 Å². The van der Waals surface area contributed by atoms with Gasteiger partial charge in [-0.3, -0.25) is 4.79 Å². The zero-order valence-electron chi connectivity index (χ0n) is 6.77. The van der Waals surface area contributed by atoms with Gasteiger partial charge < -0.3 is 15.5 Å². The molecule has 1 saturated heterocycles. The molecule has 2 aliphatic heterocycles. The molecule has 2 heterocycles. The van der Waals surface area contributed by atoms with E-state index in [0.717, 1.165) is 0 Å². The summed E-state index contributed by atoms with van der Waals surface area (Å²) in [6, 6.07) is -0.799. The Bertz CT molecular complexity index is 310. The number of piperidine rings is 1. The molecule has 0 aromatic heterocycles. The molecule has 0 amide bonds. The van der Waals surface area contributed by atoms with Crippen LogP contribution in [-0.4, -0.2) is 34.8 Å². The quantitative estimate of drug-likeness (QED) is 0.534. The third-order valence-electron chi connectivity index (χ3n) is 2.26. The number of hydrogen-bond acceptors (Lipinski definition) is 5. The van der Waals surface area contributed by atoms with E-state index in [2.05, 4.69) is 15.5 Å². The number of carboxylic acids is 1. The van der Waals surface area contributed by atoms with Crippen LogP contribution in [0.3, 0.4) is 0 Å². The Labute approximate surface area is 74.0 Å². The standard InChI is InChI=1S/C7H9N3O3/c11-6-3-1-4(7(12)13)8-2-5(3)9-10-6/h4-5,8,11H,1-2H2,(H,12,13)/t4-,5-/m1/s1. The minimum atomic E-state index is -0.911.